The molecule has 1 rings (SSSR count). The third-order valence-corrected chi connectivity index (χ3v) is 2.31. The highest BCUT2D eigenvalue weighted by molar-refractivity contribution is 6.01. The van der Waals surface area contributed by atoms with Crippen LogP contribution in [0, 0.1) is 11.3 Å². The molecule has 0 atom stereocenters. The van der Waals surface area contributed by atoms with Crippen molar-refractivity contribution < 1.29 is 14.3 Å². The second-order valence-corrected chi connectivity index (χ2v) is 3.36. The van der Waals surface area contributed by atoms with E-state index in [1.165, 1.54) is 20.2 Å². The number of carbonyl (C=O) groups is 1. The Kier molecular flexibility index (Phi) is 4.76. The Balaban J connectivity index is 3.15. The first-order valence-electron chi connectivity index (χ1n) is 5.22. The van der Waals surface area contributed by atoms with Gasteiger partial charge < -0.3 is 14.8 Å². The molecule has 0 fully saturated rings. The van der Waals surface area contributed by atoms with Crippen LogP contribution in [0.4, 0.5) is 0 Å². The van der Waals surface area contributed by atoms with E-state index in [2.05, 4.69) is 5.32 Å². The number of nitrogens with one attached hydrogen (secondary N) is 1. The SMILES string of the molecule is CNC(=O)/C(C#N)=C/c1ccc(OC)c(OC)c1. The maximum absolute atomic E-state index is 11.4. The van der Waals surface area contributed by atoms with Crippen molar-refractivity contribution in [3.05, 3.63) is 29.3 Å². The summed E-state index contributed by atoms with van der Waals surface area (Å²) in [6.07, 6.45) is 1.49. The van der Waals surface area contributed by atoms with Crippen LogP contribution in [0.25, 0.3) is 6.08 Å². The molecule has 0 aromatic heterocycles. The number of nitriles is 1. The molecule has 1 aromatic carbocycles. The van der Waals surface area contributed by atoms with E-state index in [1.807, 2.05) is 6.07 Å². The number of methoxy groups -OCH3 is 2. The molecule has 94 valence electrons. The fourth-order valence-corrected chi connectivity index (χ4v) is 1.39. The van der Waals surface area contributed by atoms with E-state index in [4.69, 9.17) is 14.7 Å². The summed E-state index contributed by atoms with van der Waals surface area (Å²) in [5.41, 5.74) is 0.720. The molecule has 1 amide bonds. The van der Waals surface area contributed by atoms with Crippen LogP contribution in [0.15, 0.2) is 23.8 Å². The smallest absolute Gasteiger partial charge is 0.261 e. The Morgan fingerprint density at radius 3 is 2.50 bits per heavy atom. The number of ether oxygens (including phenoxy) is 2. The summed E-state index contributed by atoms with van der Waals surface area (Å²) in [6.45, 7) is 0. The number of hydrogen-bond acceptors (Lipinski definition) is 4. The molecule has 5 nitrogen and oxygen atoms in total. The monoisotopic (exact) mass is 246 g/mol. The van der Waals surface area contributed by atoms with Gasteiger partial charge in [-0.05, 0) is 23.8 Å². The van der Waals surface area contributed by atoms with Gasteiger partial charge in [0, 0.05) is 7.05 Å². The van der Waals surface area contributed by atoms with Gasteiger partial charge in [-0.25, -0.2) is 0 Å². The molecular weight excluding hydrogens is 232 g/mol. The minimum absolute atomic E-state index is 0.0321. The molecule has 18 heavy (non-hydrogen) atoms. The van der Waals surface area contributed by atoms with Crippen LogP contribution >= 0.6 is 0 Å². The number of likely N-dealkylation sites (N-methyl/N-ethyl adjacent to an activating group) is 1. The van der Waals surface area contributed by atoms with Crippen LogP contribution in [0.3, 0.4) is 0 Å². The Bertz CT molecular complexity index is 515. The zero-order chi connectivity index (χ0) is 13.5. The molecule has 0 heterocycles. The number of amides is 1. The van der Waals surface area contributed by atoms with Crippen molar-refractivity contribution in [2.75, 3.05) is 21.3 Å². The standard InChI is InChI=1S/C13H14N2O3/c1-15-13(16)10(8-14)6-9-4-5-11(17-2)12(7-9)18-3/h4-7H,1-3H3,(H,15,16)/b10-6+. The van der Waals surface area contributed by atoms with Gasteiger partial charge in [-0.1, -0.05) is 6.07 Å². The van der Waals surface area contributed by atoms with Crippen LogP contribution < -0.4 is 14.8 Å². The fourth-order valence-electron chi connectivity index (χ4n) is 1.39. The van der Waals surface area contributed by atoms with Crippen LogP contribution in [-0.4, -0.2) is 27.2 Å². The van der Waals surface area contributed by atoms with E-state index >= 15 is 0 Å². The van der Waals surface area contributed by atoms with Gasteiger partial charge in [0.2, 0.25) is 0 Å². The van der Waals surface area contributed by atoms with E-state index < -0.39 is 5.91 Å². The molecule has 0 aliphatic heterocycles. The Morgan fingerprint density at radius 2 is 2.00 bits per heavy atom. The van der Waals surface area contributed by atoms with Crippen molar-refractivity contribution in [1.29, 1.82) is 5.26 Å². The lowest BCUT2D eigenvalue weighted by Gasteiger charge is -2.07. The normalized spacial score (nSPS) is 10.4. The maximum atomic E-state index is 11.4. The molecular formula is C13H14N2O3. The fraction of sp³-hybridized carbons (Fsp3) is 0.231. The van der Waals surface area contributed by atoms with Crippen LogP contribution in [0.2, 0.25) is 0 Å². The molecule has 0 aliphatic carbocycles. The average molecular weight is 246 g/mol. The highest BCUT2D eigenvalue weighted by atomic mass is 16.5. The Morgan fingerprint density at radius 1 is 1.33 bits per heavy atom. The summed E-state index contributed by atoms with van der Waals surface area (Å²) in [5.74, 6) is 0.709. The first-order valence-corrected chi connectivity index (χ1v) is 5.22. The molecule has 0 radical (unpaired) electrons. The van der Waals surface area contributed by atoms with Crippen molar-refractivity contribution >= 4 is 12.0 Å². The van der Waals surface area contributed by atoms with Crippen molar-refractivity contribution in [1.82, 2.24) is 5.32 Å². The second-order valence-electron chi connectivity index (χ2n) is 3.36. The molecule has 0 unspecified atom stereocenters. The van der Waals surface area contributed by atoms with Gasteiger partial charge >= 0.3 is 0 Å². The Hall–Kier alpha value is -2.48. The summed E-state index contributed by atoms with van der Waals surface area (Å²) < 4.78 is 10.2. The predicted octanol–water partition coefficient (Wildman–Crippen LogP) is 1.36. The number of benzene rings is 1. The first-order chi connectivity index (χ1) is 8.65. The molecule has 5 heteroatoms. The maximum Gasteiger partial charge on any atom is 0.261 e. The lowest BCUT2D eigenvalue weighted by molar-refractivity contribution is -0.116. The van der Waals surface area contributed by atoms with Crippen molar-refractivity contribution in [3.8, 4) is 17.6 Å². The minimum atomic E-state index is -0.424. The summed E-state index contributed by atoms with van der Waals surface area (Å²) in [7, 11) is 4.54. The van der Waals surface area contributed by atoms with Gasteiger partial charge in [-0.3, -0.25) is 4.79 Å². The summed E-state index contributed by atoms with van der Waals surface area (Å²) >= 11 is 0. The highest BCUT2D eigenvalue weighted by Crippen LogP contribution is 2.28. The first kappa shape index (κ1) is 13.6. The zero-order valence-corrected chi connectivity index (χ0v) is 10.5. The van der Waals surface area contributed by atoms with E-state index in [0.29, 0.717) is 17.1 Å². The van der Waals surface area contributed by atoms with Gasteiger partial charge in [0.25, 0.3) is 5.91 Å². The number of hydrogen-bond donors (Lipinski definition) is 1. The lowest BCUT2D eigenvalue weighted by atomic mass is 10.1. The Labute approximate surface area is 106 Å². The molecule has 0 saturated heterocycles. The molecule has 0 aliphatic rings. The molecule has 0 bridgehead atoms. The number of nitrogens with zero attached hydrogens (tertiary/aromatic N) is 1. The molecule has 0 spiro atoms. The van der Waals surface area contributed by atoms with Gasteiger partial charge in [-0.2, -0.15) is 5.26 Å². The summed E-state index contributed by atoms with van der Waals surface area (Å²) in [4.78, 5) is 11.4. The molecule has 0 saturated carbocycles. The molecule has 1 N–H and O–H groups in total. The van der Waals surface area contributed by atoms with E-state index in [9.17, 15) is 4.79 Å². The average Bonchev–Trinajstić information content (AvgIpc) is 2.43. The van der Waals surface area contributed by atoms with Crippen LogP contribution in [-0.2, 0) is 4.79 Å². The predicted molar refractivity (Wildman–Crippen MR) is 67.2 cm³/mol. The van der Waals surface area contributed by atoms with Gasteiger partial charge in [0.05, 0.1) is 14.2 Å². The number of rotatable bonds is 4. The largest absolute Gasteiger partial charge is 0.493 e. The third-order valence-electron chi connectivity index (χ3n) is 2.31. The van der Waals surface area contributed by atoms with Gasteiger partial charge in [0.1, 0.15) is 11.6 Å². The molecule has 1 aromatic rings. The van der Waals surface area contributed by atoms with E-state index in [-0.39, 0.29) is 5.57 Å². The van der Waals surface area contributed by atoms with E-state index in [1.54, 1.807) is 25.3 Å². The van der Waals surface area contributed by atoms with Crippen molar-refractivity contribution in [3.63, 3.8) is 0 Å². The second kappa shape index (κ2) is 6.30. The lowest BCUT2D eigenvalue weighted by Crippen LogP contribution is -2.19. The van der Waals surface area contributed by atoms with Gasteiger partial charge in [-0.15, -0.1) is 0 Å². The third kappa shape index (κ3) is 3.01. The summed E-state index contributed by atoms with van der Waals surface area (Å²) in [5, 5.41) is 11.3. The topological polar surface area (TPSA) is 71.4 Å². The van der Waals surface area contributed by atoms with Crippen molar-refractivity contribution in [2.45, 2.75) is 0 Å². The van der Waals surface area contributed by atoms with Crippen LogP contribution in [0.5, 0.6) is 11.5 Å². The highest BCUT2D eigenvalue weighted by Gasteiger charge is 2.08. The van der Waals surface area contributed by atoms with Crippen molar-refractivity contribution in [2.24, 2.45) is 0 Å². The minimum Gasteiger partial charge on any atom is -0.493 e. The van der Waals surface area contributed by atoms with Crippen LogP contribution in [0.1, 0.15) is 5.56 Å². The van der Waals surface area contributed by atoms with E-state index in [0.717, 1.165) is 0 Å². The van der Waals surface area contributed by atoms with Gasteiger partial charge in [0.15, 0.2) is 11.5 Å². The number of carbonyl (C=O) groups excluding carboxylic acids is 1. The quantitative estimate of drug-likeness (QED) is 0.643. The zero-order valence-electron chi connectivity index (χ0n) is 10.5. The summed E-state index contributed by atoms with van der Waals surface area (Å²) in [6, 6.07) is 6.99.